The van der Waals surface area contributed by atoms with E-state index in [0.717, 1.165) is 6.54 Å². The second-order valence-electron chi connectivity index (χ2n) is 4.88. The van der Waals surface area contributed by atoms with Crippen LogP contribution in [0.4, 0.5) is 0 Å². The van der Waals surface area contributed by atoms with Crippen molar-refractivity contribution in [2.75, 3.05) is 6.54 Å². The zero-order valence-electron chi connectivity index (χ0n) is 10.6. The van der Waals surface area contributed by atoms with Gasteiger partial charge in [-0.15, -0.1) is 22.7 Å². The van der Waals surface area contributed by atoms with Crippen LogP contribution in [0.3, 0.4) is 0 Å². The van der Waals surface area contributed by atoms with Gasteiger partial charge in [0.05, 0.1) is 16.4 Å². The van der Waals surface area contributed by atoms with Gasteiger partial charge in [-0.2, -0.15) is 0 Å². The Kier molecular flexibility index (Phi) is 4.48. The minimum absolute atomic E-state index is 0.0570. The van der Waals surface area contributed by atoms with Crippen molar-refractivity contribution >= 4 is 51.7 Å². The molecule has 0 N–H and O–H groups in total. The molecule has 0 aromatic carbocycles. The summed E-state index contributed by atoms with van der Waals surface area (Å²) >= 11 is 14.9. The minimum Gasteiger partial charge on any atom is -0.293 e. The SMILES string of the molecule is O=C(CN(Cc1cccs1)C1CC1)c1cc(Cl)sc1Cl. The number of carbonyl (C=O) groups excluding carboxylic acids is 1. The first kappa shape index (κ1) is 14.5. The van der Waals surface area contributed by atoms with Crippen LogP contribution in [0, 0.1) is 0 Å². The Bertz CT molecular complexity index is 605. The number of hydrogen-bond acceptors (Lipinski definition) is 4. The molecule has 6 heteroatoms. The van der Waals surface area contributed by atoms with Gasteiger partial charge in [0.1, 0.15) is 4.34 Å². The third-order valence-corrected chi connectivity index (χ3v) is 5.65. The standard InChI is InChI=1S/C14H13Cl2NOS2/c15-13-6-11(14(16)20-13)12(18)8-17(9-3-4-9)7-10-2-1-5-19-10/h1-2,5-6,9H,3-4,7-8H2. The summed E-state index contributed by atoms with van der Waals surface area (Å²) in [5.74, 6) is 0.0570. The number of thiophene rings is 2. The number of nitrogens with zero attached hydrogens (tertiary/aromatic N) is 1. The third kappa shape index (κ3) is 3.43. The Labute approximate surface area is 135 Å². The maximum absolute atomic E-state index is 12.4. The fraction of sp³-hybridized carbons (Fsp3) is 0.357. The highest BCUT2D eigenvalue weighted by atomic mass is 35.5. The number of Topliss-reactive ketones (excluding diaryl/α,β-unsaturated/α-hetero) is 1. The van der Waals surface area contributed by atoms with Crippen LogP contribution in [0.1, 0.15) is 28.1 Å². The predicted molar refractivity (Wildman–Crippen MR) is 86.4 cm³/mol. The minimum atomic E-state index is 0.0570. The monoisotopic (exact) mass is 345 g/mol. The molecule has 1 saturated carbocycles. The van der Waals surface area contributed by atoms with Gasteiger partial charge < -0.3 is 0 Å². The van der Waals surface area contributed by atoms with Gasteiger partial charge in [0, 0.05) is 17.5 Å². The van der Waals surface area contributed by atoms with Gasteiger partial charge in [-0.1, -0.05) is 29.3 Å². The molecule has 0 unspecified atom stereocenters. The van der Waals surface area contributed by atoms with E-state index in [1.165, 1.54) is 29.1 Å². The molecule has 0 atom stereocenters. The average Bonchev–Trinajstić information content (AvgIpc) is 3.02. The molecule has 2 heterocycles. The van der Waals surface area contributed by atoms with Crippen LogP contribution < -0.4 is 0 Å². The van der Waals surface area contributed by atoms with Crippen molar-refractivity contribution in [3.8, 4) is 0 Å². The van der Waals surface area contributed by atoms with E-state index in [4.69, 9.17) is 23.2 Å². The number of carbonyl (C=O) groups is 1. The molecular formula is C14H13Cl2NOS2. The molecule has 20 heavy (non-hydrogen) atoms. The Morgan fingerprint density at radius 1 is 1.40 bits per heavy atom. The fourth-order valence-corrected chi connectivity index (χ4v) is 4.38. The largest absolute Gasteiger partial charge is 0.293 e. The van der Waals surface area contributed by atoms with Crippen LogP contribution in [0.2, 0.25) is 8.67 Å². The Morgan fingerprint density at radius 2 is 2.20 bits per heavy atom. The van der Waals surface area contributed by atoms with E-state index in [9.17, 15) is 4.79 Å². The lowest BCUT2D eigenvalue weighted by atomic mass is 10.2. The van der Waals surface area contributed by atoms with Crippen molar-refractivity contribution < 1.29 is 4.79 Å². The highest BCUT2D eigenvalue weighted by molar-refractivity contribution is 7.20. The van der Waals surface area contributed by atoms with Crippen molar-refractivity contribution in [1.29, 1.82) is 0 Å². The summed E-state index contributed by atoms with van der Waals surface area (Å²) in [5, 5.41) is 2.07. The van der Waals surface area contributed by atoms with Crippen molar-refractivity contribution in [2.45, 2.75) is 25.4 Å². The first-order chi connectivity index (χ1) is 9.63. The summed E-state index contributed by atoms with van der Waals surface area (Å²) in [5.41, 5.74) is 0.554. The number of halogens is 2. The molecule has 3 rings (SSSR count). The lowest BCUT2D eigenvalue weighted by Gasteiger charge is -2.20. The molecule has 0 bridgehead atoms. The summed E-state index contributed by atoms with van der Waals surface area (Å²) in [6.45, 7) is 1.25. The Morgan fingerprint density at radius 3 is 2.75 bits per heavy atom. The van der Waals surface area contributed by atoms with E-state index in [-0.39, 0.29) is 5.78 Å². The summed E-state index contributed by atoms with van der Waals surface area (Å²) in [4.78, 5) is 15.9. The van der Waals surface area contributed by atoms with E-state index in [1.807, 2.05) is 6.07 Å². The van der Waals surface area contributed by atoms with Gasteiger partial charge in [-0.3, -0.25) is 9.69 Å². The highest BCUT2D eigenvalue weighted by Gasteiger charge is 2.31. The number of rotatable bonds is 6. The summed E-state index contributed by atoms with van der Waals surface area (Å²) in [6.07, 6.45) is 2.35. The van der Waals surface area contributed by atoms with Gasteiger partial charge >= 0.3 is 0 Å². The molecule has 2 aromatic heterocycles. The molecule has 106 valence electrons. The van der Waals surface area contributed by atoms with E-state index in [0.29, 0.717) is 26.8 Å². The smallest absolute Gasteiger partial charge is 0.179 e. The lowest BCUT2D eigenvalue weighted by molar-refractivity contribution is 0.0920. The second kappa shape index (κ2) is 6.16. The average molecular weight is 346 g/mol. The second-order valence-corrected chi connectivity index (χ2v) is 8.19. The lowest BCUT2D eigenvalue weighted by Crippen LogP contribution is -2.31. The Hall–Kier alpha value is -0.390. The first-order valence-electron chi connectivity index (χ1n) is 6.38. The molecule has 0 amide bonds. The molecule has 0 radical (unpaired) electrons. The van der Waals surface area contributed by atoms with E-state index >= 15 is 0 Å². The fourth-order valence-electron chi connectivity index (χ4n) is 2.16. The van der Waals surface area contributed by atoms with Crippen molar-refractivity contribution in [1.82, 2.24) is 4.90 Å². The molecule has 2 nitrogen and oxygen atoms in total. The van der Waals surface area contributed by atoms with Crippen LogP contribution in [0.5, 0.6) is 0 Å². The van der Waals surface area contributed by atoms with Crippen molar-refractivity contribution in [2.24, 2.45) is 0 Å². The molecule has 1 aliphatic rings. The summed E-state index contributed by atoms with van der Waals surface area (Å²) in [7, 11) is 0. The van der Waals surface area contributed by atoms with Crippen molar-refractivity contribution in [3.05, 3.63) is 42.7 Å². The maximum Gasteiger partial charge on any atom is 0.179 e. The molecule has 1 aliphatic carbocycles. The molecular weight excluding hydrogens is 333 g/mol. The first-order valence-corrected chi connectivity index (χ1v) is 8.83. The van der Waals surface area contributed by atoms with Gasteiger partial charge in [0.25, 0.3) is 0 Å². The topological polar surface area (TPSA) is 20.3 Å². The van der Waals surface area contributed by atoms with Crippen LogP contribution >= 0.6 is 45.9 Å². The van der Waals surface area contributed by atoms with Gasteiger partial charge in [0.2, 0.25) is 0 Å². The predicted octanol–water partition coefficient (Wildman–Crippen LogP) is 4.96. The third-order valence-electron chi connectivity index (χ3n) is 3.31. The summed E-state index contributed by atoms with van der Waals surface area (Å²) < 4.78 is 1.06. The van der Waals surface area contributed by atoms with E-state index < -0.39 is 0 Å². The molecule has 0 spiro atoms. The Balaban J connectivity index is 1.70. The summed E-state index contributed by atoms with van der Waals surface area (Å²) in [6, 6.07) is 6.36. The normalized spacial score (nSPS) is 14.9. The van der Waals surface area contributed by atoms with Crippen LogP contribution in [0.15, 0.2) is 23.6 Å². The quantitative estimate of drug-likeness (QED) is 0.689. The molecule has 0 aliphatic heterocycles. The van der Waals surface area contributed by atoms with E-state index in [1.54, 1.807) is 17.4 Å². The zero-order valence-corrected chi connectivity index (χ0v) is 13.8. The molecule has 1 fully saturated rings. The molecule has 2 aromatic rings. The van der Waals surface area contributed by atoms with Gasteiger partial charge in [-0.05, 0) is 30.4 Å². The zero-order chi connectivity index (χ0) is 14.1. The van der Waals surface area contributed by atoms with Crippen LogP contribution in [-0.4, -0.2) is 23.3 Å². The van der Waals surface area contributed by atoms with Crippen LogP contribution in [0.25, 0.3) is 0 Å². The number of ketones is 1. The molecule has 0 saturated heterocycles. The van der Waals surface area contributed by atoms with Gasteiger partial charge in [0.15, 0.2) is 5.78 Å². The highest BCUT2D eigenvalue weighted by Crippen LogP contribution is 2.33. The maximum atomic E-state index is 12.4. The number of hydrogen-bond donors (Lipinski definition) is 0. The van der Waals surface area contributed by atoms with Gasteiger partial charge in [-0.25, -0.2) is 0 Å². The van der Waals surface area contributed by atoms with Crippen LogP contribution in [-0.2, 0) is 6.54 Å². The van der Waals surface area contributed by atoms with E-state index in [2.05, 4.69) is 16.3 Å². The van der Waals surface area contributed by atoms with Crippen molar-refractivity contribution in [3.63, 3.8) is 0 Å².